The van der Waals surface area contributed by atoms with Gasteiger partial charge in [-0.25, -0.2) is 4.98 Å². The van der Waals surface area contributed by atoms with E-state index in [1.54, 1.807) is 0 Å². The van der Waals surface area contributed by atoms with Gasteiger partial charge in [0.2, 0.25) is 0 Å². The van der Waals surface area contributed by atoms with Crippen LogP contribution in [0.1, 0.15) is 6.92 Å². The minimum atomic E-state index is -0.207. The Hall–Kier alpha value is -1.43. The second kappa shape index (κ2) is 6.65. The van der Waals surface area contributed by atoms with E-state index in [2.05, 4.69) is 10.3 Å². The lowest BCUT2D eigenvalue weighted by Crippen LogP contribution is -2.17. The molecule has 100 valence electrons. The van der Waals surface area contributed by atoms with E-state index in [1.165, 1.54) is 11.3 Å². The van der Waals surface area contributed by atoms with E-state index in [1.807, 2.05) is 36.6 Å². The van der Waals surface area contributed by atoms with E-state index >= 15 is 0 Å². The Kier molecular flexibility index (Phi) is 4.90. The van der Waals surface area contributed by atoms with Crippen molar-refractivity contribution in [3.8, 4) is 11.3 Å². The first-order chi connectivity index (χ1) is 9.20. The number of ether oxygens (including phenoxy) is 1. The van der Waals surface area contributed by atoms with Crippen molar-refractivity contribution in [3.63, 3.8) is 0 Å². The molecule has 0 saturated heterocycles. The van der Waals surface area contributed by atoms with Gasteiger partial charge in [-0.15, -0.1) is 11.3 Å². The molecule has 19 heavy (non-hydrogen) atoms. The summed E-state index contributed by atoms with van der Waals surface area (Å²) in [6.07, 6.45) is 0. The fourth-order valence-corrected chi connectivity index (χ4v) is 2.43. The highest BCUT2D eigenvalue weighted by atomic mass is 35.5. The summed E-state index contributed by atoms with van der Waals surface area (Å²) >= 11 is 7.46. The van der Waals surface area contributed by atoms with Gasteiger partial charge < -0.3 is 4.74 Å². The smallest absolute Gasteiger partial charge is 0.252 e. The molecule has 0 unspecified atom stereocenters. The predicted octanol–water partition coefficient (Wildman–Crippen LogP) is 3.44. The molecular weight excluding hydrogens is 284 g/mol. The summed E-state index contributed by atoms with van der Waals surface area (Å²) in [7, 11) is 0. The van der Waals surface area contributed by atoms with Crippen molar-refractivity contribution in [1.82, 2.24) is 4.98 Å². The van der Waals surface area contributed by atoms with Crippen LogP contribution in [0.4, 0.5) is 5.13 Å². The lowest BCUT2D eigenvalue weighted by Gasteiger charge is -2.01. The van der Waals surface area contributed by atoms with Crippen molar-refractivity contribution in [2.45, 2.75) is 6.92 Å². The number of thiazole rings is 1. The zero-order valence-electron chi connectivity index (χ0n) is 10.4. The monoisotopic (exact) mass is 296 g/mol. The first-order valence-corrected chi connectivity index (χ1v) is 7.04. The number of nitrogens with one attached hydrogen (secondary N) is 1. The van der Waals surface area contributed by atoms with E-state index in [0.717, 1.165) is 11.3 Å². The molecule has 0 aliphatic heterocycles. The van der Waals surface area contributed by atoms with Crippen LogP contribution in [0, 0.1) is 0 Å². The molecule has 1 aromatic heterocycles. The van der Waals surface area contributed by atoms with Crippen molar-refractivity contribution >= 4 is 34.0 Å². The van der Waals surface area contributed by atoms with Crippen LogP contribution in [0.2, 0.25) is 5.02 Å². The maximum absolute atomic E-state index is 11.5. The normalized spacial score (nSPS) is 10.4. The standard InChI is InChI=1S/C13H13ClN2O2S/c1-2-18-7-12(17)16-13-15-11(8-19-13)9-5-3-4-6-10(9)14/h3-6,8H,2,7H2,1H3,(H,15,16,17). The van der Waals surface area contributed by atoms with Crippen molar-refractivity contribution in [2.24, 2.45) is 0 Å². The average molecular weight is 297 g/mol. The number of rotatable bonds is 5. The maximum atomic E-state index is 11.5. The Morgan fingerprint density at radius 1 is 1.47 bits per heavy atom. The van der Waals surface area contributed by atoms with E-state index in [9.17, 15) is 4.79 Å². The van der Waals surface area contributed by atoms with Crippen LogP contribution < -0.4 is 5.32 Å². The van der Waals surface area contributed by atoms with Gasteiger partial charge in [0.15, 0.2) is 5.13 Å². The molecule has 0 spiro atoms. The number of aromatic nitrogens is 1. The Balaban J connectivity index is 2.07. The third kappa shape index (κ3) is 3.76. The molecular formula is C13H13ClN2O2S. The molecule has 0 aliphatic rings. The molecule has 0 bridgehead atoms. The second-order valence-electron chi connectivity index (χ2n) is 3.70. The Bertz CT molecular complexity index is 571. The van der Waals surface area contributed by atoms with Crippen LogP contribution in [-0.4, -0.2) is 24.1 Å². The summed E-state index contributed by atoms with van der Waals surface area (Å²) in [5.74, 6) is -0.207. The van der Waals surface area contributed by atoms with Gasteiger partial charge in [0, 0.05) is 22.6 Å². The molecule has 0 radical (unpaired) electrons. The minimum Gasteiger partial charge on any atom is -0.372 e. The highest BCUT2D eigenvalue weighted by Gasteiger charge is 2.09. The van der Waals surface area contributed by atoms with Crippen LogP contribution in [0.25, 0.3) is 11.3 Å². The first-order valence-electron chi connectivity index (χ1n) is 5.78. The lowest BCUT2D eigenvalue weighted by atomic mass is 10.2. The number of benzene rings is 1. The molecule has 1 heterocycles. The summed E-state index contributed by atoms with van der Waals surface area (Å²) in [5.41, 5.74) is 1.60. The van der Waals surface area contributed by atoms with Crippen molar-refractivity contribution < 1.29 is 9.53 Å². The highest BCUT2D eigenvalue weighted by molar-refractivity contribution is 7.14. The summed E-state index contributed by atoms with van der Waals surface area (Å²) in [6.45, 7) is 2.39. The van der Waals surface area contributed by atoms with Crippen LogP contribution >= 0.6 is 22.9 Å². The van der Waals surface area contributed by atoms with Crippen molar-refractivity contribution in [3.05, 3.63) is 34.7 Å². The third-order valence-corrected chi connectivity index (χ3v) is 3.42. The number of carbonyl (C=O) groups is 1. The van der Waals surface area contributed by atoms with Gasteiger partial charge in [-0.05, 0) is 13.0 Å². The molecule has 2 aromatic rings. The fraction of sp³-hybridized carbons (Fsp3) is 0.231. The van der Waals surface area contributed by atoms with E-state index in [0.29, 0.717) is 16.8 Å². The minimum absolute atomic E-state index is 0.0392. The fourth-order valence-electron chi connectivity index (χ4n) is 1.47. The molecule has 0 atom stereocenters. The number of carbonyl (C=O) groups excluding carboxylic acids is 1. The predicted molar refractivity (Wildman–Crippen MR) is 77.7 cm³/mol. The quantitative estimate of drug-likeness (QED) is 0.919. The van der Waals surface area contributed by atoms with Gasteiger partial charge in [-0.1, -0.05) is 29.8 Å². The van der Waals surface area contributed by atoms with Crippen LogP contribution in [-0.2, 0) is 9.53 Å². The van der Waals surface area contributed by atoms with Crippen LogP contribution in [0.15, 0.2) is 29.6 Å². The largest absolute Gasteiger partial charge is 0.372 e. The zero-order valence-corrected chi connectivity index (χ0v) is 11.9. The Morgan fingerprint density at radius 3 is 3.00 bits per heavy atom. The number of hydrogen-bond acceptors (Lipinski definition) is 4. The van der Waals surface area contributed by atoms with Gasteiger partial charge in [-0.3, -0.25) is 10.1 Å². The van der Waals surface area contributed by atoms with Crippen molar-refractivity contribution in [1.29, 1.82) is 0 Å². The molecule has 6 heteroatoms. The summed E-state index contributed by atoms with van der Waals surface area (Å²) < 4.78 is 5.02. The first kappa shape index (κ1) is 14.0. The number of halogens is 1. The third-order valence-electron chi connectivity index (χ3n) is 2.34. The molecule has 2 rings (SSSR count). The Morgan fingerprint density at radius 2 is 2.26 bits per heavy atom. The van der Waals surface area contributed by atoms with Crippen LogP contribution in [0.5, 0.6) is 0 Å². The maximum Gasteiger partial charge on any atom is 0.252 e. The number of amides is 1. The van der Waals surface area contributed by atoms with Gasteiger partial charge in [0.1, 0.15) is 6.61 Å². The second-order valence-corrected chi connectivity index (χ2v) is 4.97. The SMILES string of the molecule is CCOCC(=O)Nc1nc(-c2ccccc2Cl)cs1. The van der Waals surface area contributed by atoms with Crippen molar-refractivity contribution in [2.75, 3.05) is 18.5 Å². The van der Waals surface area contributed by atoms with Crippen LogP contribution in [0.3, 0.4) is 0 Å². The number of nitrogens with zero attached hydrogens (tertiary/aromatic N) is 1. The van der Waals surface area contributed by atoms with E-state index < -0.39 is 0 Å². The van der Waals surface area contributed by atoms with Gasteiger partial charge in [0.25, 0.3) is 5.91 Å². The number of anilines is 1. The topological polar surface area (TPSA) is 51.2 Å². The van der Waals surface area contributed by atoms with E-state index in [-0.39, 0.29) is 12.5 Å². The van der Waals surface area contributed by atoms with Gasteiger partial charge in [-0.2, -0.15) is 0 Å². The zero-order chi connectivity index (χ0) is 13.7. The molecule has 0 fully saturated rings. The number of hydrogen-bond donors (Lipinski definition) is 1. The molecule has 1 amide bonds. The summed E-state index contributed by atoms with van der Waals surface area (Å²) in [5, 5.41) is 5.73. The van der Waals surface area contributed by atoms with E-state index in [4.69, 9.17) is 16.3 Å². The lowest BCUT2D eigenvalue weighted by molar-refractivity contribution is -0.120. The molecule has 0 aliphatic carbocycles. The average Bonchev–Trinajstić information content (AvgIpc) is 2.85. The molecule has 0 saturated carbocycles. The Labute approximate surface area is 120 Å². The summed E-state index contributed by atoms with van der Waals surface area (Å²) in [6, 6.07) is 7.46. The summed E-state index contributed by atoms with van der Waals surface area (Å²) in [4.78, 5) is 15.8. The van der Waals surface area contributed by atoms with Gasteiger partial charge >= 0.3 is 0 Å². The highest BCUT2D eigenvalue weighted by Crippen LogP contribution is 2.30. The molecule has 4 nitrogen and oxygen atoms in total. The molecule has 1 N–H and O–H groups in total. The molecule has 1 aromatic carbocycles. The van der Waals surface area contributed by atoms with Gasteiger partial charge in [0.05, 0.1) is 5.69 Å².